The fraction of sp³-hybridized carbons (Fsp3) is 0.235. The number of rotatable bonds is 3. The first-order chi connectivity index (χ1) is 11.1. The average molecular weight is 324 g/mol. The molecular formula is C17H16N4OS. The van der Waals surface area contributed by atoms with E-state index in [0.29, 0.717) is 16.6 Å². The Morgan fingerprint density at radius 3 is 2.78 bits per heavy atom. The van der Waals surface area contributed by atoms with Gasteiger partial charge in [-0.05, 0) is 32.4 Å². The zero-order valence-corrected chi connectivity index (χ0v) is 14.0. The summed E-state index contributed by atoms with van der Waals surface area (Å²) in [6.07, 6.45) is 3.57. The first-order valence-electron chi connectivity index (χ1n) is 7.18. The molecule has 3 rings (SSSR count). The summed E-state index contributed by atoms with van der Waals surface area (Å²) in [5, 5.41) is 8.81. The number of benzene rings is 1. The van der Waals surface area contributed by atoms with Crippen LogP contribution in [-0.4, -0.2) is 24.9 Å². The van der Waals surface area contributed by atoms with Crippen molar-refractivity contribution < 1.29 is 0 Å². The summed E-state index contributed by atoms with van der Waals surface area (Å²) in [4.78, 5) is 12.7. The molecule has 0 N–H and O–H groups in total. The largest absolute Gasteiger partial charge is 0.300 e. The lowest BCUT2D eigenvalue weighted by atomic mass is 10.1. The molecule has 23 heavy (non-hydrogen) atoms. The number of aromatic nitrogens is 4. The lowest BCUT2D eigenvalue weighted by molar-refractivity contribution is 0.891. The Morgan fingerprint density at radius 1 is 1.22 bits per heavy atom. The van der Waals surface area contributed by atoms with Crippen LogP contribution >= 0.6 is 11.8 Å². The number of fused-ring (bicyclic) bond motifs is 1. The van der Waals surface area contributed by atoms with Crippen molar-refractivity contribution in [2.75, 3.05) is 5.75 Å². The molecule has 0 atom stereocenters. The molecule has 2 aromatic heterocycles. The van der Waals surface area contributed by atoms with Crippen molar-refractivity contribution in [3.63, 3.8) is 0 Å². The Balaban J connectivity index is 2.09. The molecule has 5 nitrogen and oxygen atoms in total. The van der Waals surface area contributed by atoms with E-state index in [4.69, 9.17) is 0 Å². The van der Waals surface area contributed by atoms with Gasteiger partial charge in [0.05, 0.1) is 11.4 Å². The summed E-state index contributed by atoms with van der Waals surface area (Å²) in [5.74, 6) is 6.42. The highest BCUT2D eigenvalue weighted by Gasteiger charge is 2.12. The van der Waals surface area contributed by atoms with Gasteiger partial charge in [-0.1, -0.05) is 35.4 Å². The summed E-state index contributed by atoms with van der Waals surface area (Å²) in [7, 11) is 0. The maximum absolute atomic E-state index is 12.7. The maximum Gasteiger partial charge on any atom is 0.300 e. The molecule has 0 radical (unpaired) electrons. The molecule has 0 aliphatic rings. The van der Waals surface area contributed by atoms with Crippen LogP contribution in [0.1, 0.15) is 18.1 Å². The molecule has 6 heteroatoms. The molecule has 0 amide bonds. The predicted octanol–water partition coefficient (Wildman–Crippen LogP) is 2.61. The lowest BCUT2D eigenvalue weighted by Gasteiger charge is -2.10. The molecule has 0 saturated heterocycles. The monoisotopic (exact) mass is 324 g/mol. The van der Waals surface area contributed by atoms with Crippen molar-refractivity contribution in [1.82, 2.24) is 19.2 Å². The van der Waals surface area contributed by atoms with Gasteiger partial charge in [0.25, 0.3) is 0 Å². The maximum atomic E-state index is 12.7. The molecule has 0 fully saturated rings. The van der Waals surface area contributed by atoms with Gasteiger partial charge in [0.15, 0.2) is 5.16 Å². The van der Waals surface area contributed by atoms with Crippen molar-refractivity contribution >= 4 is 17.4 Å². The average Bonchev–Trinajstić information content (AvgIpc) is 2.93. The van der Waals surface area contributed by atoms with E-state index in [-0.39, 0.29) is 5.56 Å². The van der Waals surface area contributed by atoms with Crippen LogP contribution in [0.5, 0.6) is 0 Å². The number of hydrogen-bond donors (Lipinski definition) is 0. The Bertz CT molecular complexity index is 991. The minimum atomic E-state index is -0.180. The van der Waals surface area contributed by atoms with E-state index in [9.17, 15) is 4.79 Å². The van der Waals surface area contributed by atoms with Gasteiger partial charge in [0.2, 0.25) is 5.65 Å². The fourth-order valence-corrected chi connectivity index (χ4v) is 3.13. The Labute approximate surface area is 138 Å². The van der Waals surface area contributed by atoms with Gasteiger partial charge >= 0.3 is 5.56 Å². The summed E-state index contributed by atoms with van der Waals surface area (Å²) in [6, 6.07) is 6.00. The van der Waals surface area contributed by atoms with Gasteiger partial charge in [-0.25, -0.2) is 0 Å². The molecule has 0 unspecified atom stereocenters. The van der Waals surface area contributed by atoms with Crippen molar-refractivity contribution in [2.45, 2.75) is 25.9 Å². The van der Waals surface area contributed by atoms with Crippen molar-refractivity contribution in [3.8, 4) is 17.5 Å². The smallest absolute Gasteiger partial charge is 0.279 e. The highest BCUT2D eigenvalue weighted by molar-refractivity contribution is 7.99. The molecule has 0 aliphatic heterocycles. The fourth-order valence-electron chi connectivity index (χ4n) is 2.40. The van der Waals surface area contributed by atoms with E-state index in [1.165, 1.54) is 17.3 Å². The topological polar surface area (TPSA) is 52.2 Å². The molecule has 0 bridgehead atoms. The zero-order chi connectivity index (χ0) is 16.4. The number of hydrogen-bond acceptors (Lipinski definition) is 4. The van der Waals surface area contributed by atoms with Gasteiger partial charge < -0.3 is 0 Å². The first kappa shape index (κ1) is 15.4. The van der Waals surface area contributed by atoms with Crippen molar-refractivity contribution in [3.05, 3.63) is 52.1 Å². The summed E-state index contributed by atoms with van der Waals surface area (Å²) in [5.41, 5.74) is 3.21. The number of aryl methyl sites for hydroxylation is 2. The third-order valence-corrected chi connectivity index (χ3v) is 4.33. The van der Waals surface area contributed by atoms with E-state index in [1.54, 1.807) is 22.1 Å². The van der Waals surface area contributed by atoms with Gasteiger partial charge in [-0.15, -0.1) is 16.1 Å². The SMILES string of the molecule is CC#CCSc1nnc2c(=O)n(-c3ccc(C)cc3C)ccn12. The molecule has 0 spiro atoms. The van der Waals surface area contributed by atoms with Crippen LogP contribution in [0.4, 0.5) is 0 Å². The second-order valence-corrected chi connectivity index (χ2v) is 6.10. The lowest BCUT2D eigenvalue weighted by Crippen LogP contribution is -2.21. The van der Waals surface area contributed by atoms with Gasteiger partial charge in [-0.3, -0.25) is 13.8 Å². The molecule has 2 heterocycles. The highest BCUT2D eigenvalue weighted by atomic mass is 32.2. The minimum absolute atomic E-state index is 0.180. The second-order valence-electron chi connectivity index (χ2n) is 5.15. The quantitative estimate of drug-likeness (QED) is 0.549. The number of thioether (sulfide) groups is 1. The van der Waals surface area contributed by atoms with Crippen molar-refractivity contribution in [2.24, 2.45) is 0 Å². The van der Waals surface area contributed by atoms with Crippen LogP contribution in [-0.2, 0) is 0 Å². The summed E-state index contributed by atoms with van der Waals surface area (Å²) in [6.45, 7) is 5.82. The molecule has 116 valence electrons. The van der Waals surface area contributed by atoms with E-state index < -0.39 is 0 Å². The van der Waals surface area contributed by atoms with Crippen LogP contribution in [0.25, 0.3) is 11.3 Å². The number of nitrogens with zero attached hydrogens (tertiary/aromatic N) is 4. The molecule has 0 saturated carbocycles. The summed E-state index contributed by atoms with van der Waals surface area (Å²) >= 11 is 1.46. The van der Waals surface area contributed by atoms with Crippen LogP contribution in [0.2, 0.25) is 0 Å². The van der Waals surface area contributed by atoms with E-state index in [1.807, 2.05) is 32.2 Å². The van der Waals surface area contributed by atoms with Crippen LogP contribution in [0.15, 0.2) is 40.5 Å². The molecule has 0 aliphatic carbocycles. The first-order valence-corrected chi connectivity index (χ1v) is 8.17. The standard InChI is InChI=1S/C17H16N4OS/c1-4-5-10-23-17-19-18-15-16(22)20(8-9-21(15)17)14-7-6-12(2)11-13(14)3/h6-9,11H,10H2,1-3H3. The summed E-state index contributed by atoms with van der Waals surface area (Å²) < 4.78 is 3.32. The molecular weight excluding hydrogens is 308 g/mol. The minimum Gasteiger partial charge on any atom is -0.279 e. The Morgan fingerprint density at radius 2 is 2.04 bits per heavy atom. The van der Waals surface area contributed by atoms with E-state index in [0.717, 1.165) is 11.3 Å². The third-order valence-electron chi connectivity index (χ3n) is 3.50. The van der Waals surface area contributed by atoms with E-state index >= 15 is 0 Å². The zero-order valence-electron chi connectivity index (χ0n) is 13.2. The molecule has 1 aromatic carbocycles. The van der Waals surface area contributed by atoms with Gasteiger partial charge in [0, 0.05) is 12.4 Å². The normalized spacial score (nSPS) is 10.6. The predicted molar refractivity (Wildman–Crippen MR) is 92.2 cm³/mol. The van der Waals surface area contributed by atoms with Crippen molar-refractivity contribution in [1.29, 1.82) is 0 Å². The van der Waals surface area contributed by atoms with Gasteiger partial charge in [0.1, 0.15) is 0 Å². The Hall–Kier alpha value is -2.52. The Kier molecular flexibility index (Phi) is 4.22. The van der Waals surface area contributed by atoms with Crippen LogP contribution < -0.4 is 5.56 Å². The molecule has 3 aromatic rings. The van der Waals surface area contributed by atoms with E-state index in [2.05, 4.69) is 28.1 Å². The van der Waals surface area contributed by atoms with Crippen LogP contribution in [0, 0.1) is 25.7 Å². The van der Waals surface area contributed by atoms with Crippen LogP contribution in [0.3, 0.4) is 0 Å². The highest BCUT2D eigenvalue weighted by Crippen LogP contribution is 2.17. The van der Waals surface area contributed by atoms with Gasteiger partial charge in [-0.2, -0.15) is 0 Å². The third kappa shape index (κ3) is 2.88. The second kappa shape index (κ2) is 6.31.